The minimum absolute atomic E-state index is 0. The minimum atomic E-state index is -0.602. The summed E-state index contributed by atoms with van der Waals surface area (Å²) < 4.78 is 5.11. The highest BCUT2D eigenvalue weighted by Crippen LogP contribution is 2.46. The fourth-order valence-corrected chi connectivity index (χ4v) is 3.22. The zero-order chi connectivity index (χ0) is 17.9. The minimum Gasteiger partial charge on any atom is -0.504 e. The van der Waals surface area contributed by atoms with Crippen LogP contribution in [0.15, 0.2) is 12.1 Å². The molecule has 0 unspecified atom stereocenters. The summed E-state index contributed by atoms with van der Waals surface area (Å²) >= 11 is 0. The summed E-state index contributed by atoms with van der Waals surface area (Å²) in [6, 6.07) is 2.21. The number of rotatable bonds is 6. The lowest BCUT2D eigenvalue weighted by atomic mass is 9.79. The third-order valence-corrected chi connectivity index (χ3v) is 4.48. The number of aliphatic hydroxyl groups excluding tert-OH is 1. The van der Waals surface area contributed by atoms with Gasteiger partial charge in [0.05, 0.1) is 18.1 Å². The molecule has 0 spiro atoms. The number of piperazine rings is 1. The summed E-state index contributed by atoms with van der Waals surface area (Å²) in [6.45, 7) is 6.65. The van der Waals surface area contributed by atoms with E-state index in [2.05, 4.69) is 10.2 Å². The number of benzene rings is 1. The van der Waals surface area contributed by atoms with Crippen molar-refractivity contribution in [2.45, 2.75) is 19.9 Å². The fourth-order valence-electron chi connectivity index (χ4n) is 3.22. The maximum absolute atomic E-state index is 11.2. The monoisotopic (exact) mass is 375 g/mol. The lowest BCUT2D eigenvalue weighted by Gasteiger charge is -2.43. The number of aliphatic hydroxyl groups is 1. The van der Waals surface area contributed by atoms with Crippen LogP contribution in [0.25, 0.3) is 0 Å². The van der Waals surface area contributed by atoms with Gasteiger partial charge in [-0.2, -0.15) is 0 Å². The van der Waals surface area contributed by atoms with Crippen molar-refractivity contribution in [3.63, 3.8) is 0 Å². The first-order valence-corrected chi connectivity index (χ1v) is 7.92. The molecule has 1 aromatic carbocycles. The molecule has 2 rings (SSSR count). The maximum Gasteiger partial charge on any atom is 0.273 e. The van der Waals surface area contributed by atoms with Crippen LogP contribution in [-0.4, -0.2) is 59.9 Å². The van der Waals surface area contributed by atoms with Crippen molar-refractivity contribution < 1.29 is 19.9 Å². The Labute approximate surface area is 153 Å². The van der Waals surface area contributed by atoms with Crippen LogP contribution in [0, 0.1) is 15.5 Å². The summed E-state index contributed by atoms with van der Waals surface area (Å²) in [7, 11) is 1.36. The van der Waals surface area contributed by atoms with Crippen molar-refractivity contribution in [1.82, 2.24) is 10.2 Å². The molecular formula is C16H26ClN3O5. The molecule has 25 heavy (non-hydrogen) atoms. The number of aromatic hydroxyl groups is 1. The van der Waals surface area contributed by atoms with E-state index in [-0.39, 0.29) is 42.2 Å². The Morgan fingerprint density at radius 2 is 2.00 bits per heavy atom. The number of phenolic OH excluding ortho intramolecular Hbond substituents is 1. The van der Waals surface area contributed by atoms with Gasteiger partial charge in [0.25, 0.3) is 5.69 Å². The van der Waals surface area contributed by atoms with Gasteiger partial charge >= 0.3 is 0 Å². The second kappa shape index (κ2) is 8.66. The number of ether oxygens (including phenoxy) is 1. The number of methoxy groups -OCH3 is 1. The quantitative estimate of drug-likeness (QED) is 0.513. The lowest BCUT2D eigenvalue weighted by Crippen LogP contribution is -2.49. The first-order valence-electron chi connectivity index (χ1n) is 7.92. The SMILES string of the molecule is COc1cc([N+](=O)[O-])cc([C@@H](N2CCNCC2)C(C)(C)CO)c1O.Cl. The molecule has 0 saturated carbocycles. The van der Waals surface area contributed by atoms with Crippen LogP contribution in [0.1, 0.15) is 25.5 Å². The van der Waals surface area contributed by atoms with Crippen LogP contribution in [0.5, 0.6) is 11.5 Å². The third kappa shape index (κ3) is 4.52. The van der Waals surface area contributed by atoms with Crippen molar-refractivity contribution in [3.8, 4) is 11.5 Å². The Kier molecular flexibility index (Phi) is 7.43. The molecule has 0 amide bonds. The average molecular weight is 376 g/mol. The molecule has 1 fully saturated rings. The van der Waals surface area contributed by atoms with Crippen molar-refractivity contribution in [2.75, 3.05) is 39.9 Å². The van der Waals surface area contributed by atoms with Gasteiger partial charge in [-0.15, -0.1) is 12.4 Å². The second-order valence-corrected chi connectivity index (χ2v) is 6.68. The standard InChI is InChI=1S/C16H25N3O5.ClH/c1-16(2,10-20)15(18-6-4-17-5-7-18)12-8-11(19(22)23)9-13(24-3)14(12)21;/h8-9,15,17,20-21H,4-7,10H2,1-3H3;1H/t15-;/m1./s1. The van der Waals surface area contributed by atoms with Crippen LogP contribution in [0.2, 0.25) is 0 Å². The van der Waals surface area contributed by atoms with Crippen molar-refractivity contribution >= 4 is 18.1 Å². The largest absolute Gasteiger partial charge is 0.504 e. The first-order chi connectivity index (χ1) is 11.3. The topological polar surface area (TPSA) is 108 Å². The van der Waals surface area contributed by atoms with E-state index in [1.54, 1.807) is 0 Å². The lowest BCUT2D eigenvalue weighted by molar-refractivity contribution is -0.385. The number of phenols is 1. The first kappa shape index (κ1) is 21.4. The third-order valence-electron chi connectivity index (χ3n) is 4.48. The van der Waals surface area contributed by atoms with Crippen molar-refractivity contribution in [3.05, 3.63) is 27.8 Å². The molecule has 1 aliphatic rings. The molecule has 0 bridgehead atoms. The highest BCUT2D eigenvalue weighted by atomic mass is 35.5. The molecule has 9 heteroatoms. The Bertz CT molecular complexity index is 606. The summed E-state index contributed by atoms with van der Waals surface area (Å²) in [5, 5.41) is 35.0. The van der Waals surface area contributed by atoms with Gasteiger partial charge in [0, 0.05) is 55.9 Å². The molecular weight excluding hydrogens is 350 g/mol. The number of halogens is 1. The van der Waals surface area contributed by atoms with Gasteiger partial charge in [-0.05, 0) is 0 Å². The van der Waals surface area contributed by atoms with Crippen molar-refractivity contribution in [2.24, 2.45) is 5.41 Å². The molecule has 3 N–H and O–H groups in total. The van der Waals surface area contributed by atoms with Crippen LogP contribution in [0.3, 0.4) is 0 Å². The van der Waals surface area contributed by atoms with Crippen LogP contribution >= 0.6 is 12.4 Å². The molecule has 142 valence electrons. The fraction of sp³-hybridized carbons (Fsp3) is 0.625. The summed E-state index contributed by atoms with van der Waals surface area (Å²) in [4.78, 5) is 12.9. The van der Waals surface area contributed by atoms with Gasteiger partial charge in [0.2, 0.25) is 0 Å². The summed E-state index contributed by atoms with van der Waals surface area (Å²) in [6.07, 6.45) is 0. The van der Waals surface area contributed by atoms with Gasteiger partial charge in [-0.25, -0.2) is 0 Å². The van der Waals surface area contributed by atoms with Gasteiger partial charge in [-0.1, -0.05) is 13.8 Å². The molecule has 1 heterocycles. The summed E-state index contributed by atoms with van der Waals surface area (Å²) in [5.41, 5.74) is -0.342. The van der Waals surface area contributed by atoms with E-state index in [0.717, 1.165) is 26.2 Å². The Morgan fingerprint density at radius 1 is 1.40 bits per heavy atom. The molecule has 1 atom stereocenters. The smallest absolute Gasteiger partial charge is 0.273 e. The number of nitro benzene ring substituents is 1. The summed E-state index contributed by atoms with van der Waals surface area (Å²) in [5.74, 6) is -0.0544. The predicted molar refractivity (Wildman–Crippen MR) is 96.6 cm³/mol. The molecule has 1 aliphatic heterocycles. The molecule has 0 aliphatic carbocycles. The van der Waals surface area contributed by atoms with E-state index in [9.17, 15) is 20.3 Å². The second-order valence-electron chi connectivity index (χ2n) is 6.68. The Morgan fingerprint density at radius 3 is 2.48 bits per heavy atom. The van der Waals surface area contributed by atoms with Gasteiger partial charge in [-0.3, -0.25) is 15.0 Å². The van der Waals surface area contributed by atoms with Crippen LogP contribution in [-0.2, 0) is 0 Å². The number of nitrogens with one attached hydrogen (secondary N) is 1. The molecule has 1 aromatic rings. The predicted octanol–water partition coefficient (Wildman–Crippen LogP) is 1.70. The van der Waals surface area contributed by atoms with E-state index in [1.807, 2.05) is 13.8 Å². The highest BCUT2D eigenvalue weighted by molar-refractivity contribution is 5.85. The van der Waals surface area contributed by atoms with Crippen molar-refractivity contribution in [1.29, 1.82) is 0 Å². The number of nitrogens with zero attached hydrogens (tertiary/aromatic N) is 2. The highest BCUT2D eigenvalue weighted by Gasteiger charge is 2.38. The van der Waals surface area contributed by atoms with Gasteiger partial charge < -0.3 is 20.3 Å². The van der Waals surface area contributed by atoms with E-state index < -0.39 is 10.3 Å². The van der Waals surface area contributed by atoms with Crippen LogP contribution < -0.4 is 10.1 Å². The van der Waals surface area contributed by atoms with E-state index >= 15 is 0 Å². The molecule has 0 radical (unpaired) electrons. The Hall–Kier alpha value is -1.61. The number of non-ortho nitro benzene ring substituents is 1. The molecule has 8 nitrogen and oxygen atoms in total. The van der Waals surface area contributed by atoms with Gasteiger partial charge in [0.1, 0.15) is 0 Å². The zero-order valence-corrected chi connectivity index (χ0v) is 15.5. The number of hydrogen-bond acceptors (Lipinski definition) is 7. The average Bonchev–Trinajstić information content (AvgIpc) is 2.57. The van der Waals surface area contributed by atoms with E-state index in [4.69, 9.17) is 4.74 Å². The Balaban J connectivity index is 0.00000312. The normalized spacial score (nSPS) is 16.8. The number of nitro groups is 1. The molecule has 0 aromatic heterocycles. The maximum atomic E-state index is 11.2. The number of hydrogen-bond donors (Lipinski definition) is 3. The van der Waals surface area contributed by atoms with E-state index in [0.29, 0.717) is 5.56 Å². The van der Waals surface area contributed by atoms with Crippen LogP contribution in [0.4, 0.5) is 5.69 Å². The van der Waals surface area contributed by atoms with Gasteiger partial charge in [0.15, 0.2) is 11.5 Å². The molecule has 1 saturated heterocycles. The zero-order valence-electron chi connectivity index (χ0n) is 14.7. The van der Waals surface area contributed by atoms with E-state index in [1.165, 1.54) is 19.2 Å².